The molecule has 0 saturated carbocycles. The third-order valence-corrected chi connectivity index (χ3v) is 6.25. The Morgan fingerprint density at radius 1 is 1.04 bits per heavy atom. The fourth-order valence-corrected chi connectivity index (χ4v) is 4.63. The third kappa shape index (κ3) is 5.18. The molecule has 0 bridgehead atoms. The van der Waals surface area contributed by atoms with Gasteiger partial charge >= 0.3 is 0 Å². The van der Waals surface area contributed by atoms with E-state index in [4.69, 9.17) is 0 Å². The van der Waals surface area contributed by atoms with Gasteiger partial charge in [-0.15, -0.1) is 11.3 Å². The largest absolute Gasteiger partial charge is 0.340 e. The van der Waals surface area contributed by atoms with Gasteiger partial charge in [-0.1, -0.05) is 50.2 Å². The summed E-state index contributed by atoms with van der Waals surface area (Å²) in [6, 6.07) is 14.4. The van der Waals surface area contributed by atoms with E-state index in [0.29, 0.717) is 0 Å². The van der Waals surface area contributed by atoms with E-state index in [1.165, 1.54) is 4.88 Å². The fourth-order valence-electron chi connectivity index (χ4n) is 3.88. The van der Waals surface area contributed by atoms with E-state index in [9.17, 15) is 4.79 Å². The minimum Gasteiger partial charge on any atom is -0.340 e. The van der Waals surface area contributed by atoms with Gasteiger partial charge in [0.25, 0.3) is 0 Å². The molecule has 1 unspecified atom stereocenters. The van der Waals surface area contributed by atoms with Gasteiger partial charge in [0, 0.05) is 37.6 Å². The van der Waals surface area contributed by atoms with Gasteiger partial charge in [0.2, 0.25) is 5.91 Å². The Morgan fingerprint density at radius 2 is 1.81 bits per heavy atom. The molecule has 1 amide bonds. The zero-order valence-electron chi connectivity index (χ0n) is 16.5. The summed E-state index contributed by atoms with van der Waals surface area (Å²) in [6.45, 7) is 10.7. The van der Waals surface area contributed by atoms with E-state index in [1.807, 2.05) is 29.5 Å². The lowest BCUT2D eigenvalue weighted by Crippen LogP contribution is -2.44. The number of amides is 1. The number of carbonyl (C=O) groups excluding carboxylic acids is 1. The third-order valence-electron chi connectivity index (χ3n) is 5.39. The normalized spacial score (nSPS) is 17.1. The first-order valence-corrected chi connectivity index (χ1v) is 10.9. The number of hydrogen-bond donors (Lipinski definition) is 0. The second-order valence-corrected chi connectivity index (χ2v) is 8.10. The van der Waals surface area contributed by atoms with Crippen molar-refractivity contribution in [3.05, 3.63) is 58.3 Å². The van der Waals surface area contributed by atoms with E-state index in [0.717, 1.165) is 57.8 Å². The van der Waals surface area contributed by atoms with Gasteiger partial charge < -0.3 is 4.90 Å². The molecule has 0 N–H and O–H groups in total. The minimum atomic E-state index is -0.176. The van der Waals surface area contributed by atoms with Crippen molar-refractivity contribution in [2.45, 2.75) is 32.9 Å². The monoisotopic (exact) mass is 385 g/mol. The number of carbonyl (C=O) groups is 1. The first-order valence-electron chi connectivity index (χ1n) is 10.1. The molecule has 1 aromatic carbocycles. The Balaban J connectivity index is 1.70. The van der Waals surface area contributed by atoms with Crippen LogP contribution in [0, 0.1) is 0 Å². The van der Waals surface area contributed by atoms with Gasteiger partial charge in [-0.3, -0.25) is 14.6 Å². The van der Waals surface area contributed by atoms with Crippen molar-refractivity contribution in [2.24, 2.45) is 0 Å². The Morgan fingerprint density at radius 3 is 2.48 bits per heavy atom. The highest BCUT2D eigenvalue weighted by Gasteiger charge is 2.30. The van der Waals surface area contributed by atoms with Crippen molar-refractivity contribution in [2.75, 3.05) is 39.3 Å². The molecule has 1 aromatic heterocycles. The van der Waals surface area contributed by atoms with Crippen LogP contribution in [0.3, 0.4) is 0 Å². The first kappa shape index (κ1) is 20.1. The molecule has 0 radical (unpaired) electrons. The van der Waals surface area contributed by atoms with Crippen LogP contribution in [0.15, 0.2) is 47.8 Å². The van der Waals surface area contributed by atoms with Crippen LogP contribution < -0.4 is 0 Å². The summed E-state index contributed by atoms with van der Waals surface area (Å²) in [7, 11) is 0. The number of benzene rings is 1. The van der Waals surface area contributed by atoms with Crippen molar-refractivity contribution >= 4 is 17.2 Å². The van der Waals surface area contributed by atoms with E-state index in [-0.39, 0.29) is 11.9 Å². The molecule has 1 aliphatic rings. The Hall–Kier alpha value is -1.69. The lowest BCUT2D eigenvalue weighted by Gasteiger charge is -2.33. The Labute approximate surface area is 167 Å². The summed E-state index contributed by atoms with van der Waals surface area (Å²) in [5, 5.41) is 2.14. The number of rotatable bonds is 7. The molecule has 3 rings (SSSR count). The van der Waals surface area contributed by atoms with Crippen LogP contribution in [-0.4, -0.2) is 59.9 Å². The minimum absolute atomic E-state index is 0.176. The molecule has 0 spiro atoms. The lowest BCUT2D eigenvalue weighted by molar-refractivity contribution is -0.137. The maximum absolute atomic E-state index is 13.5. The Bertz CT molecular complexity index is 685. The number of nitrogens with zero attached hydrogens (tertiary/aromatic N) is 3. The molecule has 1 fully saturated rings. The molecule has 0 aliphatic carbocycles. The van der Waals surface area contributed by atoms with E-state index in [2.05, 4.69) is 58.2 Å². The van der Waals surface area contributed by atoms with Crippen LogP contribution in [-0.2, 0) is 11.3 Å². The molecule has 146 valence electrons. The molecule has 27 heavy (non-hydrogen) atoms. The predicted molar refractivity (Wildman–Crippen MR) is 113 cm³/mol. The molecule has 4 nitrogen and oxygen atoms in total. The zero-order chi connectivity index (χ0) is 19.1. The van der Waals surface area contributed by atoms with Crippen LogP contribution in [0.5, 0.6) is 0 Å². The maximum atomic E-state index is 13.5. The van der Waals surface area contributed by atoms with Gasteiger partial charge in [0.05, 0.1) is 0 Å². The highest BCUT2D eigenvalue weighted by molar-refractivity contribution is 7.09. The van der Waals surface area contributed by atoms with Crippen molar-refractivity contribution < 1.29 is 4.79 Å². The molecule has 1 aliphatic heterocycles. The van der Waals surface area contributed by atoms with Crippen LogP contribution in [0.1, 0.15) is 36.8 Å². The highest BCUT2D eigenvalue weighted by Crippen LogP contribution is 2.24. The van der Waals surface area contributed by atoms with E-state index < -0.39 is 0 Å². The summed E-state index contributed by atoms with van der Waals surface area (Å²) in [5.74, 6) is 0.253. The summed E-state index contributed by atoms with van der Waals surface area (Å²) in [6.07, 6.45) is 1.04. The highest BCUT2D eigenvalue weighted by atomic mass is 32.1. The molecule has 1 atom stereocenters. The van der Waals surface area contributed by atoms with Crippen LogP contribution in [0.25, 0.3) is 0 Å². The SMILES string of the molecule is CCN(CC)C(C(=O)N1CCCN(Cc2cccs2)CC1)c1ccccc1. The molecular weight excluding hydrogens is 354 g/mol. The van der Waals surface area contributed by atoms with Crippen LogP contribution in [0.4, 0.5) is 0 Å². The number of likely N-dealkylation sites (N-methyl/N-ethyl adjacent to an activating group) is 1. The van der Waals surface area contributed by atoms with Crippen LogP contribution in [0.2, 0.25) is 0 Å². The maximum Gasteiger partial charge on any atom is 0.244 e. The number of hydrogen-bond acceptors (Lipinski definition) is 4. The Kier molecular flexibility index (Phi) is 7.44. The molecule has 2 heterocycles. The smallest absolute Gasteiger partial charge is 0.244 e. The van der Waals surface area contributed by atoms with Gasteiger partial charge in [-0.05, 0) is 36.5 Å². The second kappa shape index (κ2) is 10.0. The summed E-state index contributed by atoms with van der Waals surface area (Å²) >= 11 is 1.81. The predicted octanol–water partition coefficient (Wildman–Crippen LogP) is 3.87. The van der Waals surface area contributed by atoms with Crippen molar-refractivity contribution in [1.29, 1.82) is 0 Å². The zero-order valence-corrected chi connectivity index (χ0v) is 17.3. The topological polar surface area (TPSA) is 26.8 Å². The van der Waals surface area contributed by atoms with E-state index >= 15 is 0 Å². The van der Waals surface area contributed by atoms with Gasteiger partial charge in [-0.25, -0.2) is 0 Å². The van der Waals surface area contributed by atoms with Gasteiger partial charge in [0.1, 0.15) is 6.04 Å². The van der Waals surface area contributed by atoms with Gasteiger partial charge in [0.15, 0.2) is 0 Å². The number of thiophene rings is 1. The first-order chi connectivity index (χ1) is 13.2. The molecule has 5 heteroatoms. The lowest BCUT2D eigenvalue weighted by atomic mass is 10.0. The summed E-state index contributed by atoms with van der Waals surface area (Å²) in [4.78, 5) is 21.7. The average Bonchev–Trinajstić information content (AvgIpc) is 3.10. The van der Waals surface area contributed by atoms with E-state index in [1.54, 1.807) is 0 Å². The second-order valence-electron chi connectivity index (χ2n) is 7.07. The molecular formula is C22H31N3OS. The quantitative estimate of drug-likeness (QED) is 0.724. The fraction of sp³-hybridized carbons (Fsp3) is 0.500. The van der Waals surface area contributed by atoms with Crippen LogP contribution >= 0.6 is 11.3 Å². The standard InChI is InChI=1S/C22H31N3OS/c1-3-24(4-2)21(19-10-6-5-7-11-19)22(26)25-14-9-13-23(15-16-25)18-20-12-8-17-27-20/h5-8,10-12,17,21H,3-4,9,13-16,18H2,1-2H3. The van der Waals surface area contributed by atoms with Gasteiger partial charge in [-0.2, -0.15) is 0 Å². The summed E-state index contributed by atoms with van der Waals surface area (Å²) in [5.41, 5.74) is 1.10. The summed E-state index contributed by atoms with van der Waals surface area (Å²) < 4.78 is 0. The molecule has 2 aromatic rings. The average molecular weight is 386 g/mol. The van der Waals surface area contributed by atoms with Crippen molar-refractivity contribution in [1.82, 2.24) is 14.7 Å². The molecule has 1 saturated heterocycles. The van der Waals surface area contributed by atoms with Crippen molar-refractivity contribution in [3.8, 4) is 0 Å². The van der Waals surface area contributed by atoms with Crippen molar-refractivity contribution in [3.63, 3.8) is 0 Å².